The summed E-state index contributed by atoms with van der Waals surface area (Å²) in [5.41, 5.74) is 2.58. The highest BCUT2D eigenvalue weighted by molar-refractivity contribution is 6.32. The first kappa shape index (κ1) is 25.3. The van der Waals surface area contributed by atoms with Gasteiger partial charge in [0.1, 0.15) is 36.9 Å². The van der Waals surface area contributed by atoms with Crippen molar-refractivity contribution in [3.63, 3.8) is 0 Å². The number of aliphatic hydroxyl groups excluding tert-OH is 2. The first-order chi connectivity index (χ1) is 15.7. The Hall–Kier alpha value is -2.32. The lowest BCUT2D eigenvalue weighted by Crippen LogP contribution is -2.24. The molecule has 178 valence electrons. The molecule has 0 saturated heterocycles. The molecule has 0 amide bonds. The predicted molar refractivity (Wildman–Crippen MR) is 129 cm³/mol. The minimum Gasteiger partial charge on any atom is -0.491 e. The van der Waals surface area contributed by atoms with E-state index in [0.717, 1.165) is 16.8 Å². The van der Waals surface area contributed by atoms with Crippen LogP contribution in [0.5, 0.6) is 11.5 Å². The summed E-state index contributed by atoms with van der Waals surface area (Å²) in [7, 11) is 0. The molecule has 2 aromatic carbocycles. The van der Waals surface area contributed by atoms with E-state index in [4.69, 9.17) is 32.7 Å². The Morgan fingerprint density at radius 2 is 1.67 bits per heavy atom. The Balaban J connectivity index is 1.61. The molecule has 1 heterocycles. The fraction of sp³-hybridized carbons (Fsp3) is 0.417. The normalized spacial score (nSPS) is 13.5. The highest BCUT2D eigenvalue weighted by atomic mass is 35.5. The molecule has 0 bridgehead atoms. The van der Waals surface area contributed by atoms with E-state index in [1.165, 1.54) is 0 Å². The van der Waals surface area contributed by atoms with Crippen LogP contribution in [0.25, 0.3) is 0 Å². The van der Waals surface area contributed by atoms with Crippen molar-refractivity contribution in [3.05, 3.63) is 70.5 Å². The molecular formula is C24H29Cl2N3O4. The van der Waals surface area contributed by atoms with E-state index in [2.05, 4.69) is 24.2 Å². The molecule has 33 heavy (non-hydrogen) atoms. The highest BCUT2D eigenvalue weighted by Crippen LogP contribution is 2.36. The second-order valence-electron chi connectivity index (χ2n) is 8.46. The molecule has 0 spiro atoms. The maximum Gasteiger partial charge on any atom is 0.138 e. The van der Waals surface area contributed by atoms with Crippen molar-refractivity contribution < 1.29 is 19.7 Å². The SMILES string of the molecule is Cc1cn(C[C@H](O)COc2ccc(C(C)(C)c3ccc(OC[C@H](O)CCl)c(Cl)c3)cc2)nn1. The summed E-state index contributed by atoms with van der Waals surface area (Å²) in [6.45, 7) is 6.61. The van der Waals surface area contributed by atoms with Gasteiger partial charge < -0.3 is 19.7 Å². The monoisotopic (exact) mass is 493 g/mol. The molecule has 0 saturated carbocycles. The van der Waals surface area contributed by atoms with Gasteiger partial charge in [0.2, 0.25) is 0 Å². The molecule has 0 unspecified atom stereocenters. The fourth-order valence-electron chi connectivity index (χ4n) is 3.32. The maximum atomic E-state index is 10.2. The number of ether oxygens (including phenoxy) is 2. The molecule has 0 aliphatic heterocycles. The van der Waals surface area contributed by atoms with E-state index in [0.29, 0.717) is 23.1 Å². The van der Waals surface area contributed by atoms with Gasteiger partial charge in [0.15, 0.2) is 0 Å². The number of aromatic nitrogens is 3. The molecule has 9 heteroatoms. The molecule has 1 aromatic heterocycles. The minimum atomic E-state index is -0.743. The molecule has 0 fully saturated rings. The quantitative estimate of drug-likeness (QED) is 0.392. The van der Waals surface area contributed by atoms with Crippen molar-refractivity contribution in [3.8, 4) is 11.5 Å². The third kappa shape index (κ3) is 6.84. The fourth-order valence-corrected chi connectivity index (χ4v) is 3.64. The largest absolute Gasteiger partial charge is 0.491 e. The molecule has 0 aliphatic rings. The van der Waals surface area contributed by atoms with Crippen molar-refractivity contribution in [2.24, 2.45) is 0 Å². The third-order valence-corrected chi connectivity index (χ3v) is 5.98. The molecule has 0 aliphatic carbocycles. The summed E-state index contributed by atoms with van der Waals surface area (Å²) in [4.78, 5) is 0. The number of hydrogen-bond acceptors (Lipinski definition) is 6. The van der Waals surface area contributed by atoms with Crippen LogP contribution in [0.4, 0.5) is 0 Å². The van der Waals surface area contributed by atoms with Crippen LogP contribution in [0.2, 0.25) is 5.02 Å². The average Bonchev–Trinajstić information content (AvgIpc) is 3.21. The smallest absolute Gasteiger partial charge is 0.138 e. The second kappa shape index (κ2) is 11.2. The van der Waals surface area contributed by atoms with Gasteiger partial charge in [-0.1, -0.05) is 48.9 Å². The van der Waals surface area contributed by atoms with E-state index in [1.807, 2.05) is 43.3 Å². The molecular weight excluding hydrogens is 465 g/mol. The zero-order valence-electron chi connectivity index (χ0n) is 18.9. The third-order valence-electron chi connectivity index (χ3n) is 5.33. The van der Waals surface area contributed by atoms with Gasteiger partial charge in [-0.25, -0.2) is 4.68 Å². The summed E-state index contributed by atoms with van der Waals surface area (Å²) < 4.78 is 12.9. The number of aliphatic hydroxyl groups is 2. The van der Waals surface area contributed by atoms with Crippen molar-refractivity contribution in [2.45, 2.75) is 44.9 Å². The Bertz CT molecular complexity index is 1040. The van der Waals surface area contributed by atoms with Crippen LogP contribution in [-0.2, 0) is 12.0 Å². The molecule has 2 atom stereocenters. The van der Waals surface area contributed by atoms with E-state index in [-0.39, 0.29) is 24.5 Å². The van der Waals surface area contributed by atoms with Gasteiger partial charge in [0.25, 0.3) is 0 Å². The van der Waals surface area contributed by atoms with E-state index in [9.17, 15) is 10.2 Å². The summed E-state index contributed by atoms with van der Waals surface area (Å²) in [5.74, 6) is 1.27. The summed E-state index contributed by atoms with van der Waals surface area (Å²) in [6.07, 6.45) is 0.331. The van der Waals surface area contributed by atoms with E-state index < -0.39 is 12.2 Å². The number of nitrogens with zero attached hydrogens (tertiary/aromatic N) is 3. The van der Waals surface area contributed by atoms with Crippen LogP contribution in [0.1, 0.15) is 30.7 Å². The van der Waals surface area contributed by atoms with Gasteiger partial charge in [-0.2, -0.15) is 0 Å². The van der Waals surface area contributed by atoms with Crippen LogP contribution < -0.4 is 9.47 Å². The van der Waals surface area contributed by atoms with Gasteiger partial charge in [0, 0.05) is 11.6 Å². The molecule has 0 radical (unpaired) electrons. The van der Waals surface area contributed by atoms with Crippen molar-refractivity contribution in [1.82, 2.24) is 15.0 Å². The van der Waals surface area contributed by atoms with Crippen molar-refractivity contribution >= 4 is 23.2 Å². The lowest BCUT2D eigenvalue weighted by molar-refractivity contribution is 0.0888. The average molecular weight is 494 g/mol. The van der Waals surface area contributed by atoms with Gasteiger partial charge >= 0.3 is 0 Å². The van der Waals surface area contributed by atoms with Crippen LogP contribution in [-0.4, -0.2) is 56.5 Å². The molecule has 2 N–H and O–H groups in total. The minimum absolute atomic E-state index is 0.0839. The Kier molecular flexibility index (Phi) is 8.59. The van der Waals surface area contributed by atoms with Gasteiger partial charge in [-0.15, -0.1) is 16.7 Å². The molecule has 7 nitrogen and oxygen atoms in total. The van der Waals surface area contributed by atoms with Crippen LogP contribution in [0.3, 0.4) is 0 Å². The zero-order valence-corrected chi connectivity index (χ0v) is 20.4. The summed E-state index contributed by atoms with van der Waals surface area (Å²) in [5, 5.41) is 28.1. The molecule has 3 rings (SSSR count). The Morgan fingerprint density at radius 1 is 1.00 bits per heavy atom. The summed E-state index contributed by atoms with van der Waals surface area (Å²) >= 11 is 12.0. The standard InChI is InChI=1S/C24H29Cl2N3O4/c1-16-12-29(28-27-16)13-20(31)15-32-21-7-4-17(5-8-21)24(2,3)18-6-9-23(22(26)10-18)33-14-19(30)11-25/h4-10,12,19-20,30-31H,11,13-15H2,1-3H3/t19-,20+/m1/s1. The second-order valence-corrected chi connectivity index (χ2v) is 9.18. The van der Waals surface area contributed by atoms with Gasteiger partial charge in [0.05, 0.1) is 23.1 Å². The predicted octanol–water partition coefficient (Wildman–Crippen LogP) is 3.98. The number of benzene rings is 2. The van der Waals surface area contributed by atoms with Gasteiger partial charge in [-0.3, -0.25) is 0 Å². The number of alkyl halides is 1. The van der Waals surface area contributed by atoms with E-state index >= 15 is 0 Å². The number of hydrogen-bond donors (Lipinski definition) is 2. The van der Waals surface area contributed by atoms with Crippen molar-refractivity contribution in [2.75, 3.05) is 19.1 Å². The van der Waals surface area contributed by atoms with Crippen LogP contribution in [0.15, 0.2) is 48.7 Å². The maximum absolute atomic E-state index is 10.2. The van der Waals surface area contributed by atoms with Gasteiger partial charge in [-0.05, 0) is 42.3 Å². The number of aryl methyl sites for hydroxylation is 1. The van der Waals surface area contributed by atoms with E-state index in [1.54, 1.807) is 16.9 Å². The van der Waals surface area contributed by atoms with Crippen molar-refractivity contribution in [1.29, 1.82) is 0 Å². The highest BCUT2D eigenvalue weighted by Gasteiger charge is 2.24. The lowest BCUT2D eigenvalue weighted by Gasteiger charge is -2.27. The Labute approximate surface area is 203 Å². The first-order valence-corrected chi connectivity index (χ1v) is 11.5. The first-order valence-electron chi connectivity index (χ1n) is 10.6. The number of rotatable bonds is 11. The zero-order chi connectivity index (χ0) is 24.0. The van der Waals surface area contributed by atoms with Crippen LogP contribution >= 0.6 is 23.2 Å². The van der Waals surface area contributed by atoms with Crippen LogP contribution in [0, 0.1) is 6.92 Å². The topological polar surface area (TPSA) is 89.6 Å². The Morgan fingerprint density at radius 3 is 2.27 bits per heavy atom. The summed E-state index contributed by atoms with van der Waals surface area (Å²) in [6, 6.07) is 13.4. The number of halogens is 2. The lowest BCUT2D eigenvalue weighted by atomic mass is 9.78. The molecule has 3 aromatic rings.